The Morgan fingerprint density at radius 1 is 1.14 bits per heavy atom. The number of thiazole rings is 1. The van der Waals surface area contributed by atoms with Gasteiger partial charge in [0.15, 0.2) is 5.82 Å². The third-order valence-electron chi connectivity index (χ3n) is 3.79. The quantitative estimate of drug-likeness (QED) is 0.763. The topological polar surface area (TPSA) is 56.8 Å². The Hall–Kier alpha value is -1.92. The van der Waals surface area contributed by atoms with Gasteiger partial charge in [0.25, 0.3) is 0 Å². The summed E-state index contributed by atoms with van der Waals surface area (Å²) < 4.78 is 0. The van der Waals surface area contributed by atoms with Crippen molar-refractivity contribution in [3.63, 3.8) is 0 Å². The average molecular weight is 299 g/mol. The lowest BCUT2D eigenvalue weighted by Crippen LogP contribution is -2.27. The molecule has 3 aromatic rings. The molecule has 0 bridgehead atoms. The minimum Gasteiger partial charge on any atom is -0.360 e. The summed E-state index contributed by atoms with van der Waals surface area (Å²) >= 11 is 1.70. The summed E-state index contributed by atoms with van der Waals surface area (Å²) in [5.41, 5.74) is 4.93. The van der Waals surface area contributed by atoms with E-state index in [-0.39, 0.29) is 0 Å². The number of fused-ring (bicyclic) bond motifs is 1. The molecule has 0 amide bonds. The van der Waals surface area contributed by atoms with Gasteiger partial charge in [-0.05, 0) is 25.1 Å². The molecule has 0 spiro atoms. The summed E-state index contributed by atoms with van der Waals surface area (Å²) in [5.74, 6) is 0.865. The van der Waals surface area contributed by atoms with Gasteiger partial charge >= 0.3 is 0 Å². The summed E-state index contributed by atoms with van der Waals surface area (Å²) in [5, 5.41) is 4.66. The van der Waals surface area contributed by atoms with Crippen LogP contribution in [0.3, 0.4) is 0 Å². The first-order valence-corrected chi connectivity index (χ1v) is 8.14. The zero-order valence-corrected chi connectivity index (χ0v) is 12.5. The van der Waals surface area contributed by atoms with Crippen LogP contribution in [0.2, 0.25) is 0 Å². The second-order valence-electron chi connectivity index (χ2n) is 5.20. The fraction of sp³-hybridized carbons (Fsp3) is 0.333. The minimum absolute atomic E-state index is 0.865. The molecule has 0 aliphatic carbocycles. The molecule has 0 saturated carbocycles. The van der Waals surface area contributed by atoms with E-state index in [0.29, 0.717) is 0 Å². The predicted octanol–water partition coefficient (Wildman–Crippen LogP) is 2.49. The van der Waals surface area contributed by atoms with Crippen molar-refractivity contribution in [1.82, 2.24) is 20.3 Å². The molecule has 0 atom stereocenters. The predicted molar refractivity (Wildman–Crippen MR) is 86.9 cm³/mol. The van der Waals surface area contributed by atoms with Gasteiger partial charge in [0.05, 0.1) is 16.5 Å². The lowest BCUT2D eigenvalue weighted by atomic mass is 10.3. The average Bonchev–Trinajstić information content (AvgIpc) is 3.07. The number of imidazole rings is 1. The van der Waals surface area contributed by atoms with Crippen LogP contribution in [0, 0.1) is 0 Å². The Bertz CT molecular complexity index is 706. The number of anilines is 1. The van der Waals surface area contributed by atoms with E-state index in [0.717, 1.165) is 55.2 Å². The first-order chi connectivity index (χ1) is 10.4. The Labute approximate surface area is 127 Å². The van der Waals surface area contributed by atoms with Crippen LogP contribution in [0.5, 0.6) is 0 Å². The van der Waals surface area contributed by atoms with Gasteiger partial charge in [-0.25, -0.2) is 9.97 Å². The van der Waals surface area contributed by atoms with E-state index in [1.165, 1.54) is 5.00 Å². The summed E-state index contributed by atoms with van der Waals surface area (Å²) in [4.78, 5) is 15.0. The van der Waals surface area contributed by atoms with Gasteiger partial charge in [0.2, 0.25) is 0 Å². The SMILES string of the molecule is c1ccc2[nH]c(-c3ncsc3N3CCCNCC3)nc2c1. The van der Waals surface area contributed by atoms with E-state index in [9.17, 15) is 0 Å². The molecule has 1 aromatic carbocycles. The number of nitrogens with zero attached hydrogens (tertiary/aromatic N) is 3. The zero-order valence-electron chi connectivity index (χ0n) is 11.7. The highest BCUT2D eigenvalue weighted by atomic mass is 32.1. The number of hydrogen-bond donors (Lipinski definition) is 2. The molecule has 2 N–H and O–H groups in total. The molecule has 1 fully saturated rings. The fourth-order valence-electron chi connectivity index (χ4n) is 2.74. The number of aromatic amines is 1. The first-order valence-electron chi connectivity index (χ1n) is 7.26. The Morgan fingerprint density at radius 3 is 3.05 bits per heavy atom. The molecule has 5 nitrogen and oxygen atoms in total. The second kappa shape index (κ2) is 5.46. The number of rotatable bonds is 2. The van der Waals surface area contributed by atoms with Crippen LogP contribution >= 0.6 is 11.3 Å². The van der Waals surface area contributed by atoms with Crippen molar-refractivity contribution in [2.24, 2.45) is 0 Å². The van der Waals surface area contributed by atoms with Crippen LogP contribution in [0.15, 0.2) is 29.8 Å². The van der Waals surface area contributed by atoms with E-state index in [1.807, 2.05) is 29.8 Å². The van der Waals surface area contributed by atoms with Crippen molar-refractivity contribution in [2.75, 3.05) is 31.1 Å². The molecule has 6 heteroatoms. The minimum atomic E-state index is 0.865. The fourth-order valence-corrected chi connectivity index (χ4v) is 3.59. The molecule has 0 unspecified atom stereocenters. The second-order valence-corrected chi connectivity index (χ2v) is 6.03. The van der Waals surface area contributed by atoms with E-state index in [4.69, 9.17) is 0 Å². The Balaban J connectivity index is 1.73. The van der Waals surface area contributed by atoms with Crippen LogP contribution in [-0.4, -0.2) is 41.1 Å². The number of para-hydroxylation sites is 2. The van der Waals surface area contributed by atoms with Crippen molar-refractivity contribution < 1.29 is 0 Å². The molecule has 2 aromatic heterocycles. The van der Waals surface area contributed by atoms with E-state index < -0.39 is 0 Å². The largest absolute Gasteiger partial charge is 0.360 e. The van der Waals surface area contributed by atoms with Crippen LogP contribution in [0.4, 0.5) is 5.00 Å². The van der Waals surface area contributed by atoms with Gasteiger partial charge in [0, 0.05) is 19.6 Å². The highest BCUT2D eigenvalue weighted by molar-refractivity contribution is 7.14. The summed E-state index contributed by atoms with van der Waals surface area (Å²) in [6, 6.07) is 8.10. The van der Waals surface area contributed by atoms with Crippen molar-refractivity contribution >= 4 is 27.4 Å². The van der Waals surface area contributed by atoms with Crippen LogP contribution in [-0.2, 0) is 0 Å². The molecule has 1 saturated heterocycles. The van der Waals surface area contributed by atoms with E-state index >= 15 is 0 Å². The van der Waals surface area contributed by atoms with Crippen LogP contribution in [0.1, 0.15) is 6.42 Å². The molecule has 1 aliphatic heterocycles. The van der Waals surface area contributed by atoms with Crippen molar-refractivity contribution in [3.05, 3.63) is 29.8 Å². The molecular weight excluding hydrogens is 282 g/mol. The molecule has 1 aliphatic rings. The maximum absolute atomic E-state index is 4.68. The van der Waals surface area contributed by atoms with Gasteiger partial charge in [-0.1, -0.05) is 12.1 Å². The summed E-state index contributed by atoms with van der Waals surface area (Å²) in [7, 11) is 0. The van der Waals surface area contributed by atoms with Crippen LogP contribution < -0.4 is 10.2 Å². The third-order valence-corrected chi connectivity index (χ3v) is 4.68. The van der Waals surface area contributed by atoms with Gasteiger partial charge < -0.3 is 15.2 Å². The van der Waals surface area contributed by atoms with Crippen molar-refractivity contribution in [1.29, 1.82) is 0 Å². The molecule has 21 heavy (non-hydrogen) atoms. The van der Waals surface area contributed by atoms with Crippen molar-refractivity contribution in [2.45, 2.75) is 6.42 Å². The molecule has 108 valence electrons. The molecule has 3 heterocycles. The smallest absolute Gasteiger partial charge is 0.160 e. The van der Waals surface area contributed by atoms with Gasteiger partial charge in [-0.2, -0.15) is 0 Å². The Kier molecular flexibility index (Phi) is 3.33. The molecule has 0 radical (unpaired) electrons. The van der Waals surface area contributed by atoms with E-state index in [2.05, 4.69) is 25.2 Å². The first kappa shape index (κ1) is 12.8. The maximum Gasteiger partial charge on any atom is 0.160 e. The summed E-state index contributed by atoms with van der Waals surface area (Å²) in [6.07, 6.45) is 1.16. The van der Waals surface area contributed by atoms with Gasteiger partial charge in [-0.15, -0.1) is 11.3 Å². The standard InChI is InChI=1S/C15H17N5S/c1-2-5-12-11(4-1)18-14(19-12)13-15(21-10-17-13)20-8-3-6-16-7-9-20/h1-2,4-5,10,16H,3,6-9H2,(H,18,19). The molecule has 4 rings (SSSR count). The van der Waals surface area contributed by atoms with Crippen molar-refractivity contribution in [3.8, 4) is 11.5 Å². The number of H-pyrrole nitrogens is 1. The number of nitrogens with one attached hydrogen (secondary N) is 2. The number of benzene rings is 1. The van der Waals surface area contributed by atoms with Gasteiger partial charge in [-0.3, -0.25) is 0 Å². The van der Waals surface area contributed by atoms with Gasteiger partial charge in [0.1, 0.15) is 10.7 Å². The zero-order chi connectivity index (χ0) is 14.1. The maximum atomic E-state index is 4.68. The third kappa shape index (κ3) is 2.41. The summed E-state index contributed by atoms with van der Waals surface area (Å²) in [6.45, 7) is 4.21. The normalized spacial score (nSPS) is 16.3. The lowest BCUT2D eigenvalue weighted by molar-refractivity contribution is 0.724. The number of hydrogen-bond acceptors (Lipinski definition) is 5. The lowest BCUT2D eigenvalue weighted by Gasteiger charge is -2.20. The highest BCUT2D eigenvalue weighted by Crippen LogP contribution is 2.33. The molecular formula is C15H17N5S. The van der Waals surface area contributed by atoms with Crippen LogP contribution in [0.25, 0.3) is 22.6 Å². The number of aromatic nitrogens is 3. The highest BCUT2D eigenvalue weighted by Gasteiger charge is 2.19. The van der Waals surface area contributed by atoms with E-state index in [1.54, 1.807) is 11.3 Å². The monoisotopic (exact) mass is 299 g/mol. The Morgan fingerprint density at radius 2 is 2.10 bits per heavy atom.